The summed E-state index contributed by atoms with van der Waals surface area (Å²) in [5.74, 6) is 0.796. The second-order valence-corrected chi connectivity index (χ2v) is 6.61. The maximum Gasteiger partial charge on any atom is 0.416 e. The highest BCUT2D eigenvalue weighted by atomic mass is 16.6. The normalized spacial score (nSPS) is 14.1. The third-order valence-electron chi connectivity index (χ3n) is 3.53. The number of ether oxygens (including phenoxy) is 1. The number of amides is 1. The summed E-state index contributed by atoms with van der Waals surface area (Å²) in [6.45, 7) is 8.97. The molecule has 5 heteroatoms. The highest BCUT2D eigenvalue weighted by molar-refractivity contribution is 5.88. The zero-order valence-corrected chi connectivity index (χ0v) is 13.5. The maximum atomic E-state index is 12.3. The molecule has 0 bridgehead atoms. The van der Waals surface area contributed by atoms with E-state index in [0.717, 1.165) is 17.1 Å². The summed E-state index contributed by atoms with van der Waals surface area (Å²) in [4.78, 5) is 13.9. The summed E-state index contributed by atoms with van der Waals surface area (Å²) in [5, 5.41) is 4.59. The number of hydrogen-bond donors (Lipinski definition) is 0. The molecule has 0 radical (unpaired) electrons. The predicted molar refractivity (Wildman–Crippen MR) is 86.0 cm³/mol. The number of aromatic nitrogens is 2. The Hall–Kier alpha value is -2.30. The molecule has 1 aromatic heterocycles. The van der Waals surface area contributed by atoms with Crippen molar-refractivity contribution in [2.24, 2.45) is 0 Å². The van der Waals surface area contributed by atoms with Gasteiger partial charge in [0.2, 0.25) is 0 Å². The summed E-state index contributed by atoms with van der Waals surface area (Å²) >= 11 is 0. The van der Waals surface area contributed by atoms with Crippen LogP contribution in [0.4, 0.5) is 10.6 Å². The van der Waals surface area contributed by atoms with E-state index in [1.54, 1.807) is 4.90 Å². The molecular weight excluding hydrogens is 278 g/mol. The van der Waals surface area contributed by atoms with E-state index in [4.69, 9.17) is 4.74 Å². The maximum absolute atomic E-state index is 12.3. The van der Waals surface area contributed by atoms with Gasteiger partial charge >= 0.3 is 6.09 Å². The molecule has 0 spiro atoms. The first-order valence-electron chi connectivity index (χ1n) is 7.49. The molecule has 1 aliphatic rings. The van der Waals surface area contributed by atoms with Gasteiger partial charge in [0.05, 0.1) is 18.8 Å². The quantitative estimate of drug-likeness (QED) is 0.808. The largest absolute Gasteiger partial charge is 0.443 e. The Morgan fingerprint density at radius 2 is 1.86 bits per heavy atom. The summed E-state index contributed by atoms with van der Waals surface area (Å²) in [7, 11) is 0. The Bertz CT molecular complexity index is 696. The van der Waals surface area contributed by atoms with E-state index in [1.165, 1.54) is 5.56 Å². The first-order valence-corrected chi connectivity index (χ1v) is 7.49. The van der Waals surface area contributed by atoms with E-state index in [1.807, 2.05) is 43.7 Å². The molecule has 116 valence electrons. The molecule has 2 aromatic rings. The number of aryl methyl sites for hydroxylation is 1. The first kappa shape index (κ1) is 14.6. The van der Waals surface area contributed by atoms with Gasteiger partial charge < -0.3 is 4.74 Å². The number of carbonyl (C=O) groups is 1. The number of rotatable bonds is 1. The zero-order chi connectivity index (χ0) is 15.9. The van der Waals surface area contributed by atoms with Gasteiger partial charge in [-0.2, -0.15) is 5.10 Å². The third-order valence-corrected chi connectivity index (χ3v) is 3.53. The number of nitrogens with zero attached hydrogens (tertiary/aromatic N) is 3. The van der Waals surface area contributed by atoms with Crippen LogP contribution in [0.3, 0.4) is 0 Å². The molecule has 1 aliphatic heterocycles. The predicted octanol–water partition coefficient (Wildman–Crippen LogP) is 3.61. The molecule has 2 heterocycles. The fraction of sp³-hybridized carbons (Fsp3) is 0.412. The SMILES string of the molecule is Cc1ccc(-c2cc3n(n2)CCN3C(=O)OC(C)(C)C)cc1. The van der Waals surface area contributed by atoms with E-state index in [-0.39, 0.29) is 6.09 Å². The topological polar surface area (TPSA) is 47.4 Å². The van der Waals surface area contributed by atoms with Crippen molar-refractivity contribution in [1.29, 1.82) is 0 Å². The lowest BCUT2D eigenvalue weighted by Crippen LogP contribution is -2.35. The molecule has 0 N–H and O–H groups in total. The van der Waals surface area contributed by atoms with Gasteiger partial charge in [0.25, 0.3) is 0 Å². The Labute approximate surface area is 130 Å². The van der Waals surface area contributed by atoms with Crippen molar-refractivity contribution >= 4 is 11.9 Å². The molecule has 0 atom stereocenters. The lowest BCUT2D eigenvalue weighted by atomic mass is 10.1. The van der Waals surface area contributed by atoms with Crippen LogP contribution in [0.1, 0.15) is 26.3 Å². The average molecular weight is 299 g/mol. The number of hydrogen-bond acceptors (Lipinski definition) is 3. The Balaban J connectivity index is 1.86. The van der Waals surface area contributed by atoms with E-state index in [0.29, 0.717) is 13.1 Å². The summed E-state index contributed by atoms with van der Waals surface area (Å²) in [6, 6.07) is 10.2. The first-order chi connectivity index (χ1) is 10.3. The van der Waals surface area contributed by atoms with Crippen molar-refractivity contribution in [2.45, 2.75) is 39.8 Å². The smallest absolute Gasteiger partial charge is 0.416 e. The van der Waals surface area contributed by atoms with Gasteiger partial charge in [-0.05, 0) is 27.7 Å². The Morgan fingerprint density at radius 3 is 2.50 bits per heavy atom. The molecule has 0 saturated heterocycles. The van der Waals surface area contributed by atoms with Crippen LogP contribution in [0, 0.1) is 6.92 Å². The van der Waals surface area contributed by atoms with Crippen LogP contribution < -0.4 is 4.90 Å². The van der Waals surface area contributed by atoms with E-state index in [2.05, 4.69) is 24.2 Å². The van der Waals surface area contributed by atoms with E-state index < -0.39 is 5.60 Å². The van der Waals surface area contributed by atoms with Crippen LogP contribution in [0.15, 0.2) is 30.3 Å². The lowest BCUT2D eigenvalue weighted by molar-refractivity contribution is 0.0584. The van der Waals surface area contributed by atoms with Gasteiger partial charge in [-0.1, -0.05) is 29.8 Å². The number of anilines is 1. The van der Waals surface area contributed by atoms with Crippen LogP contribution >= 0.6 is 0 Å². The van der Waals surface area contributed by atoms with Gasteiger partial charge in [0.15, 0.2) is 0 Å². The Morgan fingerprint density at radius 1 is 1.18 bits per heavy atom. The molecule has 0 saturated carbocycles. The van der Waals surface area contributed by atoms with Crippen LogP contribution in [0.5, 0.6) is 0 Å². The summed E-state index contributed by atoms with van der Waals surface area (Å²) in [5.41, 5.74) is 2.65. The molecule has 1 amide bonds. The highest BCUT2D eigenvalue weighted by Gasteiger charge is 2.30. The molecular formula is C17H21N3O2. The second kappa shape index (κ2) is 5.16. The molecule has 0 fully saturated rings. The fourth-order valence-electron chi connectivity index (χ4n) is 2.47. The number of fused-ring (bicyclic) bond motifs is 1. The highest BCUT2D eigenvalue weighted by Crippen LogP contribution is 2.29. The van der Waals surface area contributed by atoms with Gasteiger partial charge in [-0.25, -0.2) is 9.48 Å². The van der Waals surface area contributed by atoms with Crippen molar-refractivity contribution in [1.82, 2.24) is 9.78 Å². The lowest BCUT2D eigenvalue weighted by Gasteiger charge is -2.23. The summed E-state index contributed by atoms with van der Waals surface area (Å²) in [6.07, 6.45) is -0.318. The van der Waals surface area contributed by atoms with E-state index in [9.17, 15) is 4.79 Å². The second-order valence-electron chi connectivity index (χ2n) is 6.61. The fourth-order valence-corrected chi connectivity index (χ4v) is 2.47. The molecule has 0 aliphatic carbocycles. The van der Waals surface area contributed by atoms with Crippen molar-refractivity contribution in [3.63, 3.8) is 0 Å². The number of carbonyl (C=O) groups excluding carboxylic acids is 1. The standard InChI is InChI=1S/C17H21N3O2/c1-12-5-7-13(8-6-12)14-11-15-19(9-10-20(15)18-14)16(21)22-17(2,3)4/h5-8,11H,9-10H2,1-4H3. The van der Waals surface area contributed by atoms with Crippen LogP contribution in [0.2, 0.25) is 0 Å². The number of benzene rings is 1. The van der Waals surface area contributed by atoms with Gasteiger partial charge in [0, 0.05) is 11.6 Å². The van der Waals surface area contributed by atoms with E-state index >= 15 is 0 Å². The minimum atomic E-state index is -0.496. The van der Waals surface area contributed by atoms with Crippen LogP contribution in [-0.2, 0) is 11.3 Å². The summed E-state index contributed by atoms with van der Waals surface area (Å²) < 4.78 is 7.32. The molecule has 3 rings (SSSR count). The van der Waals surface area contributed by atoms with Crippen molar-refractivity contribution < 1.29 is 9.53 Å². The van der Waals surface area contributed by atoms with Crippen molar-refractivity contribution in [2.75, 3.05) is 11.4 Å². The third kappa shape index (κ3) is 2.84. The average Bonchev–Trinajstić information content (AvgIpc) is 2.96. The van der Waals surface area contributed by atoms with Gasteiger partial charge in [-0.15, -0.1) is 0 Å². The van der Waals surface area contributed by atoms with Gasteiger partial charge in [0.1, 0.15) is 11.4 Å². The minimum Gasteiger partial charge on any atom is -0.443 e. The Kier molecular flexibility index (Phi) is 3.43. The molecule has 1 aromatic carbocycles. The van der Waals surface area contributed by atoms with Gasteiger partial charge in [-0.3, -0.25) is 4.90 Å². The molecule has 22 heavy (non-hydrogen) atoms. The van der Waals surface area contributed by atoms with Crippen LogP contribution in [0.25, 0.3) is 11.3 Å². The zero-order valence-electron chi connectivity index (χ0n) is 13.5. The molecule has 5 nitrogen and oxygen atoms in total. The van der Waals surface area contributed by atoms with Crippen molar-refractivity contribution in [3.8, 4) is 11.3 Å². The van der Waals surface area contributed by atoms with Crippen LogP contribution in [-0.4, -0.2) is 28.0 Å². The molecule has 0 unspecified atom stereocenters. The monoisotopic (exact) mass is 299 g/mol. The van der Waals surface area contributed by atoms with Crippen molar-refractivity contribution in [3.05, 3.63) is 35.9 Å². The minimum absolute atomic E-state index is 0.318.